The second-order valence-corrected chi connectivity index (χ2v) is 2.91. The Kier molecular flexibility index (Phi) is 4.03. The Bertz CT molecular complexity index is 182. The molecule has 0 aromatic carbocycles. The van der Waals surface area contributed by atoms with Crippen molar-refractivity contribution in [2.75, 3.05) is 0 Å². The number of aldehydes is 1. The maximum absolute atomic E-state index is 12.4. The third kappa shape index (κ3) is 2.35. The summed E-state index contributed by atoms with van der Waals surface area (Å²) in [4.78, 5) is 9.94. The van der Waals surface area contributed by atoms with Crippen LogP contribution >= 0.6 is 0 Å². The van der Waals surface area contributed by atoms with Crippen LogP contribution in [0.5, 0.6) is 0 Å². The van der Waals surface area contributed by atoms with Crippen molar-refractivity contribution in [1.29, 1.82) is 0 Å². The van der Waals surface area contributed by atoms with Gasteiger partial charge in [0, 0.05) is 0 Å². The Hall–Kier alpha value is -0.750. The van der Waals surface area contributed by atoms with Gasteiger partial charge in [-0.05, 0) is 13.8 Å². The molecule has 0 fully saturated rings. The zero-order chi connectivity index (χ0) is 10.2. The average molecular weight is 210 g/mol. The van der Waals surface area contributed by atoms with Crippen LogP contribution in [0.4, 0.5) is 26.7 Å². The molecule has 0 unspecified atom stereocenters. The lowest BCUT2D eigenvalue weighted by atomic mass is 9.87. The molecular weight excluding hydrogens is 202 g/mol. The van der Waals surface area contributed by atoms with Crippen molar-refractivity contribution in [3.8, 4) is 0 Å². The van der Waals surface area contributed by atoms with Crippen LogP contribution in [-0.4, -0.2) is 18.4 Å². The normalized spacial score (nSPS) is 13.5. The molecule has 0 spiro atoms. The summed E-state index contributed by atoms with van der Waals surface area (Å²) >= 11 is 0. The van der Waals surface area contributed by atoms with Gasteiger partial charge in [-0.3, -0.25) is 4.70 Å². The molecule has 0 aliphatic carbocycles. The fourth-order valence-electron chi connectivity index (χ4n) is 0.439. The van der Waals surface area contributed by atoms with Gasteiger partial charge in [-0.1, -0.05) is 0 Å². The van der Waals surface area contributed by atoms with E-state index in [1.165, 1.54) is 0 Å². The predicted molar refractivity (Wildman–Crippen MR) is 33.3 cm³/mol. The van der Waals surface area contributed by atoms with Gasteiger partial charge in [-0.15, -0.1) is 0 Å². The summed E-state index contributed by atoms with van der Waals surface area (Å²) in [7, 11) is 0. The first kappa shape index (κ1) is 14.8. The Morgan fingerprint density at radius 1 is 1.00 bits per heavy atom. The van der Waals surface area contributed by atoms with Crippen molar-refractivity contribution < 1.29 is 31.5 Å². The first-order chi connectivity index (χ1) is 5.06. The quantitative estimate of drug-likeness (QED) is 0.505. The van der Waals surface area contributed by atoms with E-state index in [-0.39, 0.29) is 4.70 Å². The van der Waals surface area contributed by atoms with E-state index in [0.717, 1.165) is 0 Å². The summed E-state index contributed by atoms with van der Waals surface area (Å²) in [6, 6.07) is 0. The highest BCUT2D eigenvalue weighted by atomic mass is 19.4. The molecule has 0 aromatic rings. The van der Waals surface area contributed by atoms with Crippen LogP contribution in [0.1, 0.15) is 13.8 Å². The smallest absolute Gasteiger partial charge is 0.303 e. The van der Waals surface area contributed by atoms with Crippen LogP contribution in [0.2, 0.25) is 0 Å². The molecule has 0 amide bonds. The largest absolute Gasteiger partial charge is 0.454 e. The number of hydrogen-bond acceptors (Lipinski definition) is 1. The average Bonchev–Trinajstić information content (AvgIpc) is 1.85. The SMILES string of the molecule is CC(C)(C=O)C(F)(F)C(F)(F)F.F. The number of halogens is 6. The maximum atomic E-state index is 12.4. The van der Waals surface area contributed by atoms with Gasteiger partial charge in [0.25, 0.3) is 0 Å². The van der Waals surface area contributed by atoms with Crippen molar-refractivity contribution in [2.45, 2.75) is 25.9 Å². The molecule has 0 heterocycles. The van der Waals surface area contributed by atoms with Gasteiger partial charge in [-0.2, -0.15) is 22.0 Å². The van der Waals surface area contributed by atoms with E-state index >= 15 is 0 Å². The van der Waals surface area contributed by atoms with Crippen molar-refractivity contribution in [2.24, 2.45) is 5.41 Å². The zero-order valence-corrected chi connectivity index (χ0v) is 6.78. The molecule has 0 aromatic heterocycles. The molecule has 1 nitrogen and oxygen atoms in total. The fraction of sp³-hybridized carbons (Fsp3) is 0.833. The number of carbonyl (C=O) groups is 1. The van der Waals surface area contributed by atoms with Crippen molar-refractivity contribution in [1.82, 2.24) is 0 Å². The van der Waals surface area contributed by atoms with Gasteiger partial charge in [-0.25, -0.2) is 0 Å². The van der Waals surface area contributed by atoms with Gasteiger partial charge in [0.1, 0.15) is 6.29 Å². The van der Waals surface area contributed by atoms with Gasteiger partial charge >= 0.3 is 12.1 Å². The van der Waals surface area contributed by atoms with Crippen LogP contribution in [0.25, 0.3) is 0 Å². The number of carbonyl (C=O) groups excluding carboxylic acids is 1. The van der Waals surface area contributed by atoms with E-state index < -0.39 is 23.8 Å². The van der Waals surface area contributed by atoms with Crippen LogP contribution in [0.3, 0.4) is 0 Å². The fourth-order valence-corrected chi connectivity index (χ4v) is 0.439. The Morgan fingerprint density at radius 3 is 1.38 bits per heavy atom. The minimum atomic E-state index is -5.68. The summed E-state index contributed by atoms with van der Waals surface area (Å²) in [5.74, 6) is -4.98. The molecule has 0 radical (unpaired) electrons. The Labute approximate surface area is 70.3 Å². The summed E-state index contributed by atoms with van der Waals surface area (Å²) in [6.45, 7) is 1.07. The number of alkyl halides is 5. The molecule has 0 N–H and O–H groups in total. The van der Waals surface area contributed by atoms with E-state index in [0.29, 0.717) is 13.8 Å². The molecule has 0 rings (SSSR count). The van der Waals surface area contributed by atoms with E-state index in [2.05, 4.69) is 0 Å². The van der Waals surface area contributed by atoms with Gasteiger partial charge in [0.2, 0.25) is 0 Å². The van der Waals surface area contributed by atoms with Crippen molar-refractivity contribution in [3.63, 3.8) is 0 Å². The third-order valence-corrected chi connectivity index (χ3v) is 1.46. The molecule has 0 bridgehead atoms. The Balaban J connectivity index is 0. The van der Waals surface area contributed by atoms with E-state index in [1.54, 1.807) is 0 Å². The topological polar surface area (TPSA) is 17.1 Å². The number of hydrogen-bond donors (Lipinski definition) is 0. The van der Waals surface area contributed by atoms with E-state index in [4.69, 9.17) is 0 Å². The maximum Gasteiger partial charge on any atom is 0.454 e. The second-order valence-electron chi connectivity index (χ2n) is 2.91. The molecular formula is C6H8F6O. The minimum absolute atomic E-state index is 0. The molecule has 7 heteroatoms. The zero-order valence-electron chi connectivity index (χ0n) is 6.78. The van der Waals surface area contributed by atoms with E-state index in [1.807, 2.05) is 0 Å². The van der Waals surface area contributed by atoms with Gasteiger partial charge < -0.3 is 4.79 Å². The van der Waals surface area contributed by atoms with E-state index in [9.17, 15) is 26.7 Å². The van der Waals surface area contributed by atoms with Crippen LogP contribution in [0, 0.1) is 5.41 Å². The molecule has 0 saturated heterocycles. The highest BCUT2D eigenvalue weighted by molar-refractivity contribution is 5.60. The lowest BCUT2D eigenvalue weighted by Crippen LogP contribution is -2.49. The standard InChI is InChI=1S/C6H7F5O.FH/c1-4(2,3-12)5(7,8)6(9,10)11;/h3H,1-2H3;1H. The Morgan fingerprint density at radius 2 is 1.31 bits per heavy atom. The summed E-state index contributed by atoms with van der Waals surface area (Å²) in [5.41, 5.74) is -2.72. The van der Waals surface area contributed by atoms with Gasteiger partial charge in [0.05, 0.1) is 5.41 Å². The minimum Gasteiger partial charge on any atom is -0.303 e. The van der Waals surface area contributed by atoms with Crippen LogP contribution < -0.4 is 0 Å². The first-order valence-electron chi connectivity index (χ1n) is 2.97. The van der Waals surface area contributed by atoms with Gasteiger partial charge in [0.15, 0.2) is 0 Å². The lowest BCUT2D eigenvalue weighted by molar-refractivity contribution is -0.312. The predicted octanol–water partition coefficient (Wildman–Crippen LogP) is 2.56. The highest BCUT2D eigenvalue weighted by Crippen LogP contribution is 2.46. The highest BCUT2D eigenvalue weighted by Gasteiger charge is 2.66. The third-order valence-electron chi connectivity index (χ3n) is 1.46. The van der Waals surface area contributed by atoms with Crippen molar-refractivity contribution in [3.05, 3.63) is 0 Å². The summed E-state index contributed by atoms with van der Waals surface area (Å²) in [6.07, 6.45) is -6.09. The van der Waals surface area contributed by atoms with Crippen molar-refractivity contribution >= 4 is 6.29 Å². The molecule has 80 valence electrons. The van der Waals surface area contributed by atoms with Crippen LogP contribution in [0.15, 0.2) is 0 Å². The van der Waals surface area contributed by atoms with Crippen LogP contribution in [-0.2, 0) is 4.79 Å². The summed E-state index contributed by atoms with van der Waals surface area (Å²) < 4.78 is 59.5. The second kappa shape index (κ2) is 3.55. The molecule has 0 aliphatic rings. The summed E-state index contributed by atoms with van der Waals surface area (Å²) in [5, 5.41) is 0. The molecule has 13 heavy (non-hydrogen) atoms. The first-order valence-corrected chi connectivity index (χ1v) is 2.97. The molecule has 0 atom stereocenters. The monoisotopic (exact) mass is 210 g/mol. The molecule has 0 saturated carbocycles. The number of rotatable bonds is 2. The molecule has 0 aliphatic heterocycles. The lowest BCUT2D eigenvalue weighted by Gasteiger charge is -2.30.